The standard InChI is InChI=1S/C10H15N3O2S/c1-3-12-10(15)8(5-11)16-6-9(14)13(4-2)7-16/h3-4,6-7H2,1-2H3,(H,12,15). The summed E-state index contributed by atoms with van der Waals surface area (Å²) in [6.45, 7) is 4.82. The number of nitrogens with one attached hydrogen (secondary N) is 1. The van der Waals surface area contributed by atoms with Crippen LogP contribution in [0.1, 0.15) is 13.8 Å². The highest BCUT2D eigenvalue weighted by molar-refractivity contribution is 8.18. The number of nitrogens with zero attached hydrogens (tertiary/aromatic N) is 2. The minimum Gasteiger partial charge on any atom is -0.351 e. The minimum absolute atomic E-state index is 0.0304. The number of carbonyl (C=O) groups is 2. The van der Waals surface area contributed by atoms with E-state index in [2.05, 4.69) is 5.32 Å². The van der Waals surface area contributed by atoms with Gasteiger partial charge >= 0.3 is 0 Å². The summed E-state index contributed by atoms with van der Waals surface area (Å²) in [4.78, 5) is 24.9. The zero-order chi connectivity index (χ0) is 12.1. The Hall–Kier alpha value is -1.35. The molecule has 0 bridgehead atoms. The summed E-state index contributed by atoms with van der Waals surface area (Å²) in [5.74, 6) is 0.505. The van der Waals surface area contributed by atoms with Gasteiger partial charge in [0.2, 0.25) is 5.91 Å². The third-order valence-electron chi connectivity index (χ3n) is 2.28. The van der Waals surface area contributed by atoms with Crippen LogP contribution in [-0.4, -0.2) is 46.3 Å². The highest BCUT2D eigenvalue weighted by Crippen LogP contribution is 2.24. The van der Waals surface area contributed by atoms with Crippen LogP contribution in [0.15, 0.2) is 0 Å². The van der Waals surface area contributed by atoms with Gasteiger partial charge in [-0.05, 0) is 13.8 Å². The largest absolute Gasteiger partial charge is 0.351 e. The van der Waals surface area contributed by atoms with Gasteiger partial charge in [-0.2, -0.15) is 5.26 Å². The maximum absolute atomic E-state index is 11.6. The van der Waals surface area contributed by atoms with Gasteiger partial charge in [0.1, 0.15) is 10.9 Å². The molecule has 0 saturated carbocycles. The fraction of sp³-hybridized carbons (Fsp3) is 0.600. The lowest BCUT2D eigenvalue weighted by Crippen LogP contribution is -2.30. The summed E-state index contributed by atoms with van der Waals surface area (Å²) >= 11 is 0. The van der Waals surface area contributed by atoms with Gasteiger partial charge in [0.15, 0.2) is 0 Å². The second kappa shape index (κ2) is 5.66. The molecule has 1 saturated heterocycles. The Morgan fingerprint density at radius 2 is 2.31 bits per heavy atom. The number of nitriles is 1. The Bertz CT molecular complexity index is 384. The number of hydrogen-bond donors (Lipinski definition) is 1. The van der Waals surface area contributed by atoms with Gasteiger partial charge in [-0.15, -0.1) is 10.5 Å². The SMILES string of the molecule is CCNC(=O)/C(C#N)=S1/CC(=O)N(CC)C1. The molecule has 1 unspecified atom stereocenters. The van der Waals surface area contributed by atoms with Gasteiger partial charge < -0.3 is 10.2 Å². The van der Waals surface area contributed by atoms with Crippen molar-refractivity contribution in [3.05, 3.63) is 0 Å². The van der Waals surface area contributed by atoms with Crippen LogP contribution >= 0.6 is 10.5 Å². The Balaban J connectivity index is 2.91. The lowest BCUT2D eigenvalue weighted by molar-refractivity contribution is -0.126. The summed E-state index contributed by atoms with van der Waals surface area (Å²) in [6.07, 6.45) is 0. The first kappa shape index (κ1) is 12.7. The summed E-state index contributed by atoms with van der Waals surface area (Å²) in [7, 11) is -0.537. The van der Waals surface area contributed by atoms with Crippen LogP contribution in [0.2, 0.25) is 0 Å². The molecular weight excluding hydrogens is 226 g/mol. The molecule has 0 aromatic carbocycles. The van der Waals surface area contributed by atoms with Crippen molar-refractivity contribution in [3.63, 3.8) is 0 Å². The summed E-state index contributed by atoms with van der Waals surface area (Å²) in [5, 5.41) is 11.6. The predicted molar refractivity (Wildman–Crippen MR) is 64.0 cm³/mol. The van der Waals surface area contributed by atoms with Crippen LogP contribution in [0.5, 0.6) is 0 Å². The van der Waals surface area contributed by atoms with Gasteiger partial charge in [0.25, 0.3) is 5.91 Å². The molecule has 88 valence electrons. The Labute approximate surface area is 97.3 Å². The summed E-state index contributed by atoms with van der Waals surface area (Å²) in [5.41, 5.74) is 0. The molecule has 1 N–H and O–H groups in total. The molecule has 0 radical (unpaired) electrons. The van der Waals surface area contributed by atoms with Crippen molar-refractivity contribution in [2.75, 3.05) is 24.7 Å². The van der Waals surface area contributed by atoms with Crippen LogP contribution in [0.25, 0.3) is 0 Å². The molecule has 1 fully saturated rings. The predicted octanol–water partition coefficient (Wildman–Crippen LogP) is -0.0930. The first-order chi connectivity index (χ1) is 7.63. The van der Waals surface area contributed by atoms with Crippen molar-refractivity contribution in [2.24, 2.45) is 0 Å². The number of hydrogen-bond acceptors (Lipinski definition) is 3. The molecule has 0 spiro atoms. The Morgan fingerprint density at radius 1 is 1.62 bits per heavy atom. The summed E-state index contributed by atoms with van der Waals surface area (Å²) < 4.78 is 0. The second-order valence-corrected chi connectivity index (χ2v) is 5.26. The van der Waals surface area contributed by atoms with E-state index in [-0.39, 0.29) is 16.7 Å². The number of rotatable bonds is 3. The first-order valence-corrected chi connectivity index (χ1v) is 6.70. The molecule has 2 amide bonds. The molecule has 0 aliphatic carbocycles. The van der Waals surface area contributed by atoms with Crippen molar-refractivity contribution in [2.45, 2.75) is 13.8 Å². The van der Waals surface area contributed by atoms with Gasteiger partial charge in [0.05, 0.1) is 11.6 Å². The fourth-order valence-corrected chi connectivity index (χ4v) is 3.45. The van der Waals surface area contributed by atoms with E-state index in [0.29, 0.717) is 24.7 Å². The van der Waals surface area contributed by atoms with Gasteiger partial charge in [-0.25, -0.2) is 0 Å². The Morgan fingerprint density at radius 3 is 2.75 bits per heavy atom. The van der Waals surface area contributed by atoms with Crippen LogP contribution in [0.4, 0.5) is 0 Å². The van der Waals surface area contributed by atoms with E-state index in [0.717, 1.165) is 0 Å². The smallest absolute Gasteiger partial charge is 0.267 e. The molecule has 6 heteroatoms. The monoisotopic (exact) mass is 241 g/mol. The van der Waals surface area contributed by atoms with Gasteiger partial charge in [-0.1, -0.05) is 0 Å². The number of amides is 2. The van der Waals surface area contributed by atoms with Crippen molar-refractivity contribution in [1.29, 1.82) is 5.26 Å². The van der Waals surface area contributed by atoms with E-state index < -0.39 is 10.5 Å². The van der Waals surface area contributed by atoms with E-state index in [4.69, 9.17) is 5.26 Å². The van der Waals surface area contributed by atoms with Crippen LogP contribution < -0.4 is 5.32 Å². The van der Waals surface area contributed by atoms with E-state index in [1.807, 2.05) is 13.0 Å². The lowest BCUT2D eigenvalue weighted by Gasteiger charge is -2.10. The van der Waals surface area contributed by atoms with Crippen molar-refractivity contribution in [3.8, 4) is 6.07 Å². The third kappa shape index (κ3) is 2.61. The molecule has 0 aromatic heterocycles. The molecule has 1 rings (SSSR count). The van der Waals surface area contributed by atoms with Crippen molar-refractivity contribution >= 4 is 27.2 Å². The van der Waals surface area contributed by atoms with Crippen LogP contribution in [-0.2, 0) is 9.59 Å². The van der Waals surface area contributed by atoms with E-state index in [1.165, 1.54) is 0 Å². The summed E-state index contributed by atoms with van der Waals surface area (Å²) in [6, 6.07) is 1.93. The van der Waals surface area contributed by atoms with E-state index in [9.17, 15) is 9.59 Å². The zero-order valence-corrected chi connectivity index (χ0v) is 10.3. The Kier molecular flexibility index (Phi) is 4.50. The highest BCUT2D eigenvalue weighted by Gasteiger charge is 2.26. The van der Waals surface area contributed by atoms with Gasteiger partial charge in [-0.3, -0.25) is 9.59 Å². The number of carbonyl (C=O) groups excluding carboxylic acids is 2. The zero-order valence-electron chi connectivity index (χ0n) is 9.45. The van der Waals surface area contributed by atoms with Crippen LogP contribution in [0.3, 0.4) is 0 Å². The highest BCUT2D eigenvalue weighted by atomic mass is 32.2. The molecule has 1 heterocycles. The van der Waals surface area contributed by atoms with Crippen molar-refractivity contribution < 1.29 is 9.59 Å². The second-order valence-electron chi connectivity index (χ2n) is 3.32. The maximum Gasteiger partial charge on any atom is 0.267 e. The fourth-order valence-electron chi connectivity index (χ4n) is 1.44. The van der Waals surface area contributed by atoms with Gasteiger partial charge in [0, 0.05) is 13.1 Å². The molecule has 16 heavy (non-hydrogen) atoms. The quantitative estimate of drug-likeness (QED) is 0.702. The van der Waals surface area contributed by atoms with E-state index in [1.54, 1.807) is 11.8 Å². The normalized spacial score (nSPS) is 20.6. The maximum atomic E-state index is 11.6. The average molecular weight is 241 g/mol. The molecule has 1 aliphatic rings. The topological polar surface area (TPSA) is 73.2 Å². The lowest BCUT2D eigenvalue weighted by atomic mass is 10.4. The minimum atomic E-state index is -0.537. The average Bonchev–Trinajstić information content (AvgIpc) is 2.61. The van der Waals surface area contributed by atoms with Crippen LogP contribution in [0, 0.1) is 11.3 Å². The molecule has 1 atom stereocenters. The molecule has 1 aliphatic heterocycles. The van der Waals surface area contributed by atoms with Crippen molar-refractivity contribution in [1.82, 2.24) is 10.2 Å². The first-order valence-electron chi connectivity index (χ1n) is 5.14. The molecular formula is C10H15N3O2S. The molecule has 0 aromatic rings. The molecule has 5 nitrogen and oxygen atoms in total. The third-order valence-corrected chi connectivity index (χ3v) is 4.35. The van der Waals surface area contributed by atoms with E-state index >= 15 is 0 Å².